The number of nitrogens with one attached hydrogen (secondary N) is 1. The molecule has 1 heterocycles. The minimum absolute atomic E-state index is 0.00620. The maximum absolute atomic E-state index is 10.6. The molecular formula is C6H8N2O. The second kappa shape index (κ2) is 1.93. The minimum Gasteiger partial charge on any atom is -0.385 e. The zero-order valence-corrected chi connectivity index (χ0v) is 5.14. The third-order valence-corrected chi connectivity index (χ3v) is 1.09. The minimum atomic E-state index is 0.00620. The van der Waals surface area contributed by atoms with E-state index in [1.807, 2.05) is 0 Å². The van der Waals surface area contributed by atoms with Crippen LogP contribution in [0.25, 0.3) is 0 Å². The molecule has 3 heteroatoms. The molecule has 3 N–H and O–H groups in total. The Kier molecular flexibility index (Phi) is 1.26. The van der Waals surface area contributed by atoms with E-state index in [9.17, 15) is 4.79 Å². The summed E-state index contributed by atoms with van der Waals surface area (Å²) in [6.45, 7) is 1.49. The Morgan fingerprint density at radius 3 is 2.56 bits per heavy atom. The van der Waals surface area contributed by atoms with Gasteiger partial charge in [0.15, 0.2) is 5.78 Å². The summed E-state index contributed by atoms with van der Waals surface area (Å²) in [4.78, 5) is 13.3. The van der Waals surface area contributed by atoms with E-state index in [0.29, 0.717) is 11.5 Å². The number of carbonyl (C=O) groups excluding carboxylic acids is 1. The normalized spacial score (nSPS) is 9.44. The molecule has 0 fully saturated rings. The average Bonchev–Trinajstić information content (AvgIpc) is 2.14. The van der Waals surface area contributed by atoms with Crippen molar-refractivity contribution < 1.29 is 4.79 Å². The molecule has 0 bridgehead atoms. The van der Waals surface area contributed by atoms with E-state index < -0.39 is 0 Å². The molecule has 9 heavy (non-hydrogen) atoms. The molecule has 0 saturated heterocycles. The van der Waals surface area contributed by atoms with Gasteiger partial charge in [-0.2, -0.15) is 0 Å². The van der Waals surface area contributed by atoms with Crippen LogP contribution in [-0.4, -0.2) is 10.8 Å². The van der Waals surface area contributed by atoms with Crippen LogP contribution in [0, 0.1) is 0 Å². The molecule has 0 amide bonds. The van der Waals surface area contributed by atoms with Crippen LogP contribution >= 0.6 is 0 Å². The highest BCUT2D eigenvalue weighted by molar-refractivity contribution is 5.92. The van der Waals surface area contributed by atoms with Crippen LogP contribution < -0.4 is 5.73 Å². The van der Waals surface area contributed by atoms with E-state index in [4.69, 9.17) is 5.73 Å². The maximum atomic E-state index is 10.6. The van der Waals surface area contributed by atoms with Crippen molar-refractivity contribution in [3.05, 3.63) is 17.8 Å². The second-order valence-corrected chi connectivity index (χ2v) is 1.88. The number of rotatable bonds is 1. The van der Waals surface area contributed by atoms with E-state index in [1.165, 1.54) is 6.92 Å². The molecule has 1 aromatic heterocycles. The molecule has 1 rings (SSSR count). The third-order valence-electron chi connectivity index (χ3n) is 1.09. The van der Waals surface area contributed by atoms with Crippen molar-refractivity contribution in [2.45, 2.75) is 6.92 Å². The van der Waals surface area contributed by atoms with Gasteiger partial charge in [-0.25, -0.2) is 0 Å². The van der Waals surface area contributed by atoms with Crippen LogP contribution in [0.1, 0.15) is 17.4 Å². The lowest BCUT2D eigenvalue weighted by Crippen LogP contribution is -1.92. The fourth-order valence-corrected chi connectivity index (χ4v) is 0.617. The number of hydrogen-bond donors (Lipinski definition) is 2. The fourth-order valence-electron chi connectivity index (χ4n) is 0.617. The van der Waals surface area contributed by atoms with Crippen molar-refractivity contribution >= 4 is 11.6 Å². The van der Waals surface area contributed by atoms with E-state index in [2.05, 4.69) is 4.98 Å². The third kappa shape index (κ3) is 1.10. The number of Topliss-reactive ketones (excluding diaryl/α,β-unsaturated/α-hetero) is 1. The van der Waals surface area contributed by atoms with Crippen LogP contribution in [0.15, 0.2) is 12.1 Å². The largest absolute Gasteiger partial charge is 0.385 e. The molecule has 1 aromatic rings. The molecule has 48 valence electrons. The van der Waals surface area contributed by atoms with Gasteiger partial charge in [0.1, 0.15) is 5.82 Å². The predicted octanol–water partition coefficient (Wildman–Crippen LogP) is 0.800. The van der Waals surface area contributed by atoms with Crippen LogP contribution in [-0.2, 0) is 0 Å². The van der Waals surface area contributed by atoms with Crippen molar-refractivity contribution in [1.29, 1.82) is 0 Å². The van der Waals surface area contributed by atoms with Gasteiger partial charge in [-0.3, -0.25) is 4.79 Å². The Balaban J connectivity index is 2.98. The highest BCUT2D eigenvalue weighted by Crippen LogP contribution is 2.02. The summed E-state index contributed by atoms with van der Waals surface area (Å²) in [6.07, 6.45) is 0. The number of hydrogen-bond acceptors (Lipinski definition) is 2. The molecule has 3 nitrogen and oxygen atoms in total. The lowest BCUT2D eigenvalue weighted by Gasteiger charge is -1.84. The molecular weight excluding hydrogens is 116 g/mol. The maximum Gasteiger partial charge on any atom is 0.175 e. The summed E-state index contributed by atoms with van der Waals surface area (Å²) in [5.41, 5.74) is 5.87. The number of nitrogen functional groups attached to an aromatic ring is 1. The van der Waals surface area contributed by atoms with E-state index >= 15 is 0 Å². The van der Waals surface area contributed by atoms with Gasteiger partial charge < -0.3 is 10.7 Å². The van der Waals surface area contributed by atoms with Crippen molar-refractivity contribution in [1.82, 2.24) is 4.98 Å². The zero-order valence-electron chi connectivity index (χ0n) is 5.14. The van der Waals surface area contributed by atoms with E-state index in [1.54, 1.807) is 12.1 Å². The van der Waals surface area contributed by atoms with Crippen molar-refractivity contribution in [3.8, 4) is 0 Å². The van der Waals surface area contributed by atoms with Gasteiger partial charge in [-0.1, -0.05) is 0 Å². The number of carbonyl (C=O) groups is 1. The molecule has 0 aromatic carbocycles. The van der Waals surface area contributed by atoms with Crippen molar-refractivity contribution in [2.24, 2.45) is 0 Å². The topological polar surface area (TPSA) is 58.9 Å². The standard InChI is InChI=1S/C6H8N2O/c1-4(9)5-2-3-6(7)8-5/h2-3,8H,7H2,1H3. The quantitative estimate of drug-likeness (QED) is 0.544. The van der Waals surface area contributed by atoms with Crippen LogP contribution in [0.4, 0.5) is 5.82 Å². The van der Waals surface area contributed by atoms with Crippen LogP contribution in [0.5, 0.6) is 0 Å². The molecule has 0 aliphatic carbocycles. The van der Waals surface area contributed by atoms with E-state index in [0.717, 1.165) is 0 Å². The van der Waals surface area contributed by atoms with Gasteiger partial charge in [0.2, 0.25) is 0 Å². The highest BCUT2D eigenvalue weighted by atomic mass is 16.1. The van der Waals surface area contributed by atoms with Crippen molar-refractivity contribution in [3.63, 3.8) is 0 Å². The first kappa shape index (κ1) is 5.88. The number of H-pyrrole nitrogens is 1. The summed E-state index contributed by atoms with van der Waals surface area (Å²) in [6, 6.07) is 3.33. The first-order valence-electron chi connectivity index (χ1n) is 2.65. The average molecular weight is 124 g/mol. The predicted molar refractivity (Wildman–Crippen MR) is 35.2 cm³/mol. The zero-order chi connectivity index (χ0) is 6.85. The molecule has 0 unspecified atom stereocenters. The highest BCUT2D eigenvalue weighted by Gasteiger charge is 1.98. The monoisotopic (exact) mass is 124 g/mol. The lowest BCUT2D eigenvalue weighted by atomic mass is 10.3. The molecule has 0 radical (unpaired) electrons. The van der Waals surface area contributed by atoms with Crippen LogP contribution in [0.2, 0.25) is 0 Å². The Labute approximate surface area is 52.9 Å². The Bertz CT molecular complexity index is 227. The molecule has 0 aliphatic heterocycles. The Morgan fingerprint density at radius 1 is 1.67 bits per heavy atom. The number of aromatic amines is 1. The van der Waals surface area contributed by atoms with Crippen LogP contribution in [0.3, 0.4) is 0 Å². The Morgan fingerprint density at radius 2 is 2.33 bits per heavy atom. The molecule has 0 aliphatic rings. The van der Waals surface area contributed by atoms with Gasteiger partial charge in [-0.05, 0) is 12.1 Å². The summed E-state index contributed by atoms with van der Waals surface area (Å²) in [7, 11) is 0. The van der Waals surface area contributed by atoms with E-state index in [-0.39, 0.29) is 5.78 Å². The summed E-state index contributed by atoms with van der Waals surface area (Å²) in [5.74, 6) is 0.534. The number of nitrogens with two attached hydrogens (primary N) is 1. The SMILES string of the molecule is CC(=O)c1ccc(N)[nH]1. The summed E-state index contributed by atoms with van der Waals surface area (Å²) < 4.78 is 0. The molecule has 0 spiro atoms. The Hall–Kier alpha value is -1.25. The van der Waals surface area contributed by atoms with Gasteiger partial charge in [0.25, 0.3) is 0 Å². The number of ketones is 1. The second-order valence-electron chi connectivity index (χ2n) is 1.88. The smallest absolute Gasteiger partial charge is 0.175 e. The number of aromatic nitrogens is 1. The fraction of sp³-hybridized carbons (Fsp3) is 0.167. The lowest BCUT2D eigenvalue weighted by molar-refractivity contribution is 0.101. The van der Waals surface area contributed by atoms with Gasteiger partial charge in [-0.15, -0.1) is 0 Å². The van der Waals surface area contributed by atoms with Gasteiger partial charge in [0, 0.05) is 6.92 Å². The molecule has 0 saturated carbocycles. The number of anilines is 1. The first-order chi connectivity index (χ1) is 4.20. The summed E-state index contributed by atoms with van der Waals surface area (Å²) >= 11 is 0. The van der Waals surface area contributed by atoms with Crippen molar-refractivity contribution in [2.75, 3.05) is 5.73 Å². The first-order valence-corrected chi connectivity index (χ1v) is 2.65. The van der Waals surface area contributed by atoms with Gasteiger partial charge >= 0.3 is 0 Å². The molecule has 0 atom stereocenters. The summed E-state index contributed by atoms with van der Waals surface area (Å²) in [5, 5.41) is 0. The van der Waals surface area contributed by atoms with Gasteiger partial charge in [0.05, 0.1) is 5.69 Å².